The SMILES string of the molecule is Cc1cc(C)cc(-c2ccc(CC(C)N)o2)c1. The summed E-state index contributed by atoms with van der Waals surface area (Å²) in [6.07, 6.45) is 0.783. The summed E-state index contributed by atoms with van der Waals surface area (Å²) in [7, 11) is 0. The van der Waals surface area contributed by atoms with Crippen molar-refractivity contribution in [1.82, 2.24) is 0 Å². The third-order valence-electron chi connectivity index (χ3n) is 2.69. The topological polar surface area (TPSA) is 39.2 Å². The first-order valence-corrected chi connectivity index (χ1v) is 5.97. The highest BCUT2D eigenvalue weighted by Crippen LogP contribution is 2.24. The van der Waals surface area contributed by atoms with E-state index in [2.05, 4.69) is 32.0 Å². The summed E-state index contributed by atoms with van der Waals surface area (Å²) in [5.74, 6) is 1.88. The Hall–Kier alpha value is -1.54. The van der Waals surface area contributed by atoms with Gasteiger partial charge in [-0.15, -0.1) is 0 Å². The largest absolute Gasteiger partial charge is 0.461 e. The molecule has 0 aliphatic carbocycles. The predicted molar refractivity (Wildman–Crippen MR) is 71.0 cm³/mol. The first-order valence-electron chi connectivity index (χ1n) is 5.97. The molecule has 1 atom stereocenters. The van der Waals surface area contributed by atoms with Crippen molar-refractivity contribution in [2.75, 3.05) is 0 Å². The fourth-order valence-electron chi connectivity index (χ4n) is 2.08. The summed E-state index contributed by atoms with van der Waals surface area (Å²) >= 11 is 0. The van der Waals surface area contributed by atoms with Crippen LogP contribution >= 0.6 is 0 Å². The number of nitrogens with two attached hydrogens (primary N) is 1. The van der Waals surface area contributed by atoms with E-state index in [9.17, 15) is 0 Å². The van der Waals surface area contributed by atoms with Crippen LogP contribution in [0.1, 0.15) is 23.8 Å². The maximum Gasteiger partial charge on any atom is 0.134 e. The molecule has 1 aromatic heterocycles. The molecule has 1 aromatic carbocycles. The Morgan fingerprint density at radius 1 is 1.12 bits per heavy atom. The van der Waals surface area contributed by atoms with Crippen LogP contribution in [0.5, 0.6) is 0 Å². The highest BCUT2D eigenvalue weighted by Gasteiger charge is 2.07. The van der Waals surface area contributed by atoms with Crippen LogP contribution in [0.3, 0.4) is 0 Å². The number of rotatable bonds is 3. The lowest BCUT2D eigenvalue weighted by Gasteiger charge is -2.03. The van der Waals surface area contributed by atoms with Crippen molar-refractivity contribution in [3.63, 3.8) is 0 Å². The molecule has 0 bridgehead atoms. The lowest BCUT2D eigenvalue weighted by atomic mass is 10.1. The van der Waals surface area contributed by atoms with Gasteiger partial charge in [-0.25, -0.2) is 0 Å². The molecule has 2 nitrogen and oxygen atoms in total. The van der Waals surface area contributed by atoms with Gasteiger partial charge in [0.2, 0.25) is 0 Å². The summed E-state index contributed by atoms with van der Waals surface area (Å²) in [5, 5.41) is 0. The van der Waals surface area contributed by atoms with Crippen LogP contribution in [0.25, 0.3) is 11.3 Å². The van der Waals surface area contributed by atoms with Gasteiger partial charge in [0.25, 0.3) is 0 Å². The molecule has 0 amide bonds. The molecule has 17 heavy (non-hydrogen) atoms. The zero-order valence-corrected chi connectivity index (χ0v) is 10.7. The normalized spacial score (nSPS) is 12.7. The molecule has 2 heteroatoms. The smallest absolute Gasteiger partial charge is 0.134 e. The van der Waals surface area contributed by atoms with Crippen LogP contribution in [0.15, 0.2) is 34.7 Å². The fourth-order valence-corrected chi connectivity index (χ4v) is 2.08. The molecule has 90 valence electrons. The number of hydrogen-bond acceptors (Lipinski definition) is 2. The third kappa shape index (κ3) is 2.98. The van der Waals surface area contributed by atoms with Crippen molar-refractivity contribution in [2.24, 2.45) is 5.73 Å². The average Bonchev–Trinajstić information content (AvgIpc) is 2.63. The zero-order valence-electron chi connectivity index (χ0n) is 10.7. The zero-order chi connectivity index (χ0) is 12.4. The highest BCUT2D eigenvalue weighted by atomic mass is 16.3. The summed E-state index contributed by atoms with van der Waals surface area (Å²) in [6.45, 7) is 6.18. The molecule has 0 aliphatic rings. The molecule has 2 N–H and O–H groups in total. The fraction of sp³-hybridized carbons (Fsp3) is 0.333. The van der Waals surface area contributed by atoms with Crippen molar-refractivity contribution in [3.8, 4) is 11.3 Å². The lowest BCUT2D eigenvalue weighted by Crippen LogP contribution is -2.17. The van der Waals surface area contributed by atoms with Gasteiger partial charge in [0.15, 0.2) is 0 Å². The van der Waals surface area contributed by atoms with E-state index in [0.29, 0.717) is 0 Å². The van der Waals surface area contributed by atoms with Crippen LogP contribution in [-0.2, 0) is 6.42 Å². The molecule has 1 heterocycles. The molecule has 2 aromatic rings. The van der Waals surface area contributed by atoms with E-state index in [4.69, 9.17) is 10.2 Å². The number of aryl methyl sites for hydroxylation is 2. The standard InChI is InChI=1S/C15H19NO/c1-10-6-11(2)8-13(7-10)15-5-4-14(17-15)9-12(3)16/h4-8,12H,9,16H2,1-3H3. The van der Waals surface area contributed by atoms with E-state index in [0.717, 1.165) is 23.5 Å². The molecule has 0 saturated carbocycles. The molecule has 0 saturated heterocycles. The Balaban J connectivity index is 2.30. The summed E-state index contributed by atoms with van der Waals surface area (Å²) < 4.78 is 5.81. The van der Waals surface area contributed by atoms with E-state index < -0.39 is 0 Å². The van der Waals surface area contributed by atoms with Gasteiger partial charge in [0.05, 0.1) is 0 Å². The van der Waals surface area contributed by atoms with Crippen molar-refractivity contribution < 1.29 is 4.42 Å². The van der Waals surface area contributed by atoms with Gasteiger partial charge in [-0.3, -0.25) is 0 Å². The van der Waals surface area contributed by atoms with E-state index in [1.807, 2.05) is 19.1 Å². The van der Waals surface area contributed by atoms with Gasteiger partial charge in [-0.1, -0.05) is 17.2 Å². The van der Waals surface area contributed by atoms with E-state index in [1.54, 1.807) is 0 Å². The summed E-state index contributed by atoms with van der Waals surface area (Å²) in [6, 6.07) is 10.6. The Labute approximate surface area is 102 Å². The average molecular weight is 229 g/mol. The van der Waals surface area contributed by atoms with E-state index in [1.165, 1.54) is 11.1 Å². The predicted octanol–water partition coefficient (Wildman–Crippen LogP) is 3.45. The molecular formula is C15H19NO. The molecule has 0 aliphatic heterocycles. The van der Waals surface area contributed by atoms with Gasteiger partial charge < -0.3 is 10.2 Å². The van der Waals surface area contributed by atoms with Crippen LogP contribution in [0.4, 0.5) is 0 Å². The molecule has 0 spiro atoms. The van der Waals surface area contributed by atoms with E-state index >= 15 is 0 Å². The lowest BCUT2D eigenvalue weighted by molar-refractivity contribution is 0.503. The second-order valence-electron chi connectivity index (χ2n) is 4.82. The molecule has 0 fully saturated rings. The molecular weight excluding hydrogens is 210 g/mol. The Morgan fingerprint density at radius 2 is 1.76 bits per heavy atom. The van der Waals surface area contributed by atoms with Crippen molar-refractivity contribution in [1.29, 1.82) is 0 Å². The Bertz CT molecular complexity index is 491. The second-order valence-corrected chi connectivity index (χ2v) is 4.82. The van der Waals surface area contributed by atoms with Crippen LogP contribution in [0.2, 0.25) is 0 Å². The molecule has 1 unspecified atom stereocenters. The van der Waals surface area contributed by atoms with Gasteiger partial charge in [0, 0.05) is 18.0 Å². The first-order chi connectivity index (χ1) is 8.04. The van der Waals surface area contributed by atoms with Crippen molar-refractivity contribution in [2.45, 2.75) is 33.2 Å². The van der Waals surface area contributed by atoms with E-state index in [-0.39, 0.29) is 6.04 Å². The monoisotopic (exact) mass is 229 g/mol. The van der Waals surface area contributed by atoms with Gasteiger partial charge >= 0.3 is 0 Å². The van der Waals surface area contributed by atoms with Crippen LogP contribution in [0, 0.1) is 13.8 Å². The maximum absolute atomic E-state index is 5.81. The minimum Gasteiger partial charge on any atom is -0.461 e. The van der Waals surface area contributed by atoms with Gasteiger partial charge in [0.1, 0.15) is 11.5 Å². The van der Waals surface area contributed by atoms with Gasteiger partial charge in [-0.2, -0.15) is 0 Å². The minimum absolute atomic E-state index is 0.133. The Morgan fingerprint density at radius 3 is 2.35 bits per heavy atom. The number of benzene rings is 1. The summed E-state index contributed by atoms with van der Waals surface area (Å²) in [5.41, 5.74) is 9.41. The maximum atomic E-state index is 5.81. The first kappa shape index (κ1) is 11.9. The third-order valence-corrected chi connectivity index (χ3v) is 2.69. The second kappa shape index (κ2) is 4.76. The number of furan rings is 1. The minimum atomic E-state index is 0.133. The van der Waals surface area contributed by atoms with Crippen LogP contribution in [-0.4, -0.2) is 6.04 Å². The quantitative estimate of drug-likeness (QED) is 0.875. The van der Waals surface area contributed by atoms with Gasteiger partial charge in [-0.05, 0) is 45.0 Å². The highest BCUT2D eigenvalue weighted by molar-refractivity contribution is 5.59. The molecule has 0 radical (unpaired) electrons. The molecule has 2 rings (SSSR count). The van der Waals surface area contributed by atoms with Crippen molar-refractivity contribution in [3.05, 3.63) is 47.2 Å². The van der Waals surface area contributed by atoms with Crippen LogP contribution < -0.4 is 5.73 Å². The summed E-state index contributed by atoms with van der Waals surface area (Å²) in [4.78, 5) is 0. The Kier molecular flexibility index (Phi) is 3.34. The van der Waals surface area contributed by atoms with Crippen molar-refractivity contribution >= 4 is 0 Å². The number of hydrogen-bond donors (Lipinski definition) is 1.